The molecule has 1 fully saturated rings. The average Bonchev–Trinajstić information content (AvgIpc) is 2.73. The smallest absolute Gasteiger partial charge is 0.305 e. The van der Waals surface area contributed by atoms with Crippen molar-refractivity contribution in [3.8, 4) is 0 Å². The van der Waals surface area contributed by atoms with Gasteiger partial charge in [0, 0.05) is 12.6 Å². The fourth-order valence-corrected chi connectivity index (χ4v) is 2.23. The summed E-state index contributed by atoms with van der Waals surface area (Å²) < 4.78 is 0. The number of carbonyl (C=O) groups excluding carboxylic acids is 1. The normalized spacial score (nSPS) is 23.5. The van der Waals surface area contributed by atoms with Gasteiger partial charge in [-0.25, -0.2) is 0 Å². The van der Waals surface area contributed by atoms with E-state index in [-0.39, 0.29) is 24.3 Å². The number of likely N-dealkylation sites (tertiary alicyclic amines) is 1. The van der Waals surface area contributed by atoms with E-state index in [0.717, 1.165) is 19.3 Å². The number of aliphatic carboxylic acids is 1. The Labute approximate surface area is 102 Å². The molecule has 0 radical (unpaired) electrons. The highest BCUT2D eigenvalue weighted by atomic mass is 16.4. The number of hydrogen-bond acceptors (Lipinski definition) is 3. The van der Waals surface area contributed by atoms with Gasteiger partial charge in [0.05, 0.1) is 12.5 Å². The molecule has 0 bridgehead atoms. The van der Waals surface area contributed by atoms with Crippen molar-refractivity contribution < 1.29 is 14.7 Å². The van der Waals surface area contributed by atoms with Crippen LogP contribution in [0.15, 0.2) is 0 Å². The van der Waals surface area contributed by atoms with Gasteiger partial charge >= 0.3 is 5.97 Å². The van der Waals surface area contributed by atoms with Crippen molar-refractivity contribution in [2.24, 2.45) is 11.7 Å². The number of rotatable bonds is 5. The maximum absolute atomic E-state index is 12.1. The first-order valence-corrected chi connectivity index (χ1v) is 6.25. The van der Waals surface area contributed by atoms with Gasteiger partial charge < -0.3 is 15.7 Å². The summed E-state index contributed by atoms with van der Waals surface area (Å²) in [6.07, 6.45) is 2.52. The van der Waals surface area contributed by atoms with E-state index < -0.39 is 12.0 Å². The zero-order chi connectivity index (χ0) is 13.0. The lowest BCUT2D eigenvalue weighted by atomic mass is 9.98. The largest absolute Gasteiger partial charge is 0.481 e. The van der Waals surface area contributed by atoms with Crippen LogP contribution in [0.3, 0.4) is 0 Å². The average molecular weight is 242 g/mol. The van der Waals surface area contributed by atoms with Gasteiger partial charge in [0.15, 0.2) is 0 Å². The van der Waals surface area contributed by atoms with Gasteiger partial charge in [-0.15, -0.1) is 0 Å². The zero-order valence-corrected chi connectivity index (χ0v) is 10.6. The third kappa shape index (κ3) is 3.43. The predicted molar refractivity (Wildman–Crippen MR) is 64.4 cm³/mol. The topological polar surface area (TPSA) is 83.6 Å². The number of carbonyl (C=O) groups is 2. The lowest BCUT2D eigenvalue weighted by Gasteiger charge is -2.28. The molecule has 1 rings (SSSR count). The highest BCUT2D eigenvalue weighted by molar-refractivity contribution is 5.83. The minimum atomic E-state index is -0.855. The Bertz CT molecular complexity index is 293. The molecule has 3 N–H and O–H groups in total. The molecular formula is C12H22N2O3. The summed E-state index contributed by atoms with van der Waals surface area (Å²) in [5.41, 5.74) is 5.91. The Morgan fingerprint density at radius 2 is 2.18 bits per heavy atom. The second kappa shape index (κ2) is 6.00. The van der Waals surface area contributed by atoms with Crippen LogP contribution in [-0.4, -0.2) is 40.5 Å². The molecule has 1 aliphatic rings. The molecule has 0 aliphatic carbocycles. The van der Waals surface area contributed by atoms with E-state index in [4.69, 9.17) is 10.8 Å². The lowest BCUT2D eigenvalue weighted by Crippen LogP contribution is -2.49. The number of nitrogens with two attached hydrogens (primary N) is 1. The Kier molecular flexibility index (Phi) is 4.93. The number of nitrogens with zero attached hydrogens (tertiary/aromatic N) is 1. The quantitative estimate of drug-likeness (QED) is 0.747. The molecule has 0 saturated carbocycles. The van der Waals surface area contributed by atoms with Crippen LogP contribution in [0.1, 0.15) is 39.5 Å². The Morgan fingerprint density at radius 1 is 1.53 bits per heavy atom. The van der Waals surface area contributed by atoms with E-state index in [0.29, 0.717) is 6.54 Å². The van der Waals surface area contributed by atoms with Gasteiger partial charge in [-0.1, -0.05) is 20.3 Å². The second-order valence-electron chi connectivity index (χ2n) is 4.84. The molecule has 17 heavy (non-hydrogen) atoms. The highest BCUT2D eigenvalue weighted by Crippen LogP contribution is 2.22. The molecule has 0 aromatic heterocycles. The summed E-state index contributed by atoms with van der Waals surface area (Å²) in [6, 6.07) is -0.676. The highest BCUT2D eigenvalue weighted by Gasteiger charge is 2.34. The van der Waals surface area contributed by atoms with E-state index in [1.807, 2.05) is 13.8 Å². The van der Waals surface area contributed by atoms with E-state index in [1.54, 1.807) is 4.90 Å². The van der Waals surface area contributed by atoms with Gasteiger partial charge in [-0.2, -0.15) is 0 Å². The van der Waals surface area contributed by atoms with Crippen LogP contribution in [0, 0.1) is 5.92 Å². The van der Waals surface area contributed by atoms with Crippen molar-refractivity contribution in [1.29, 1.82) is 0 Å². The van der Waals surface area contributed by atoms with Gasteiger partial charge in [0.1, 0.15) is 0 Å². The Morgan fingerprint density at radius 3 is 2.71 bits per heavy atom. The van der Waals surface area contributed by atoms with E-state index >= 15 is 0 Å². The van der Waals surface area contributed by atoms with Crippen molar-refractivity contribution in [3.63, 3.8) is 0 Å². The SMILES string of the molecule is CC[C@H](C)[C@H](N)C(=O)N1CCCC1CC(=O)O. The first kappa shape index (κ1) is 14.0. The van der Waals surface area contributed by atoms with E-state index in [9.17, 15) is 9.59 Å². The summed E-state index contributed by atoms with van der Waals surface area (Å²) in [6.45, 7) is 4.59. The van der Waals surface area contributed by atoms with Gasteiger partial charge in [-0.05, 0) is 18.8 Å². The van der Waals surface area contributed by atoms with Crippen LogP contribution in [0.2, 0.25) is 0 Å². The van der Waals surface area contributed by atoms with Gasteiger partial charge in [-0.3, -0.25) is 9.59 Å². The minimum Gasteiger partial charge on any atom is -0.481 e. The standard InChI is InChI=1S/C12H22N2O3/c1-3-8(2)11(13)12(17)14-6-4-5-9(14)7-10(15)16/h8-9,11H,3-7,13H2,1-2H3,(H,15,16)/t8-,9?,11-/m0/s1. The van der Waals surface area contributed by atoms with Crippen LogP contribution in [0.5, 0.6) is 0 Å². The van der Waals surface area contributed by atoms with Crippen molar-refractivity contribution in [2.75, 3.05) is 6.54 Å². The lowest BCUT2D eigenvalue weighted by molar-refractivity contribution is -0.140. The van der Waals surface area contributed by atoms with Gasteiger partial charge in [0.2, 0.25) is 5.91 Å². The van der Waals surface area contributed by atoms with Crippen molar-refractivity contribution in [3.05, 3.63) is 0 Å². The van der Waals surface area contributed by atoms with Gasteiger partial charge in [0.25, 0.3) is 0 Å². The molecule has 1 aliphatic heterocycles. The third-order valence-corrected chi connectivity index (χ3v) is 3.61. The number of hydrogen-bond donors (Lipinski definition) is 2. The van der Waals surface area contributed by atoms with Crippen LogP contribution in [-0.2, 0) is 9.59 Å². The number of carboxylic acid groups (broad SMARTS) is 1. The summed E-state index contributed by atoms with van der Waals surface area (Å²) in [5, 5.41) is 8.80. The number of amides is 1. The van der Waals surface area contributed by atoms with Crippen LogP contribution < -0.4 is 5.73 Å². The molecule has 5 heteroatoms. The fourth-order valence-electron chi connectivity index (χ4n) is 2.23. The summed E-state index contributed by atoms with van der Waals surface area (Å²) >= 11 is 0. The fraction of sp³-hybridized carbons (Fsp3) is 0.833. The Hall–Kier alpha value is -1.10. The molecule has 98 valence electrons. The molecule has 1 heterocycles. The maximum atomic E-state index is 12.1. The zero-order valence-electron chi connectivity index (χ0n) is 10.6. The molecule has 0 aromatic carbocycles. The Balaban J connectivity index is 2.64. The summed E-state index contributed by atoms with van der Waals surface area (Å²) in [5.74, 6) is -0.816. The minimum absolute atomic E-state index is 0.0268. The maximum Gasteiger partial charge on any atom is 0.305 e. The number of carboxylic acids is 1. The molecule has 1 unspecified atom stereocenters. The first-order valence-electron chi connectivity index (χ1n) is 6.25. The molecule has 0 spiro atoms. The van der Waals surface area contributed by atoms with Crippen molar-refractivity contribution in [1.82, 2.24) is 4.90 Å². The van der Waals surface area contributed by atoms with Crippen LogP contribution >= 0.6 is 0 Å². The monoisotopic (exact) mass is 242 g/mol. The van der Waals surface area contributed by atoms with E-state index in [1.165, 1.54) is 0 Å². The molecule has 1 saturated heterocycles. The summed E-state index contributed by atoms with van der Waals surface area (Å²) in [7, 11) is 0. The molecule has 5 nitrogen and oxygen atoms in total. The molecular weight excluding hydrogens is 220 g/mol. The molecule has 0 aromatic rings. The predicted octanol–water partition coefficient (Wildman–Crippen LogP) is 0.825. The van der Waals surface area contributed by atoms with Crippen LogP contribution in [0.4, 0.5) is 0 Å². The second-order valence-corrected chi connectivity index (χ2v) is 4.84. The van der Waals surface area contributed by atoms with Crippen LogP contribution in [0.25, 0.3) is 0 Å². The van der Waals surface area contributed by atoms with Crippen molar-refractivity contribution >= 4 is 11.9 Å². The molecule has 1 amide bonds. The van der Waals surface area contributed by atoms with Crippen molar-refractivity contribution in [2.45, 2.75) is 51.6 Å². The third-order valence-electron chi connectivity index (χ3n) is 3.61. The summed E-state index contributed by atoms with van der Waals surface area (Å²) in [4.78, 5) is 24.5. The molecule has 3 atom stereocenters. The van der Waals surface area contributed by atoms with E-state index in [2.05, 4.69) is 0 Å². The first-order chi connectivity index (χ1) is 7.97.